The van der Waals surface area contributed by atoms with Gasteiger partial charge in [-0.25, -0.2) is 0 Å². The summed E-state index contributed by atoms with van der Waals surface area (Å²) in [6.07, 6.45) is 6.62. The Labute approximate surface area is 123 Å². The van der Waals surface area contributed by atoms with Crippen LogP contribution in [0.5, 0.6) is 0 Å². The number of rotatable bonds is 4. The van der Waals surface area contributed by atoms with E-state index in [4.69, 9.17) is 0 Å². The number of benzene rings is 1. The molecule has 0 radical (unpaired) electrons. The minimum atomic E-state index is 0.326. The molecule has 1 aliphatic carbocycles. The first-order valence-corrected chi connectivity index (χ1v) is 8.04. The van der Waals surface area contributed by atoms with Crippen molar-refractivity contribution in [2.75, 3.05) is 0 Å². The van der Waals surface area contributed by atoms with E-state index >= 15 is 0 Å². The molecule has 0 N–H and O–H groups in total. The molecular formula is C16H21IO. The van der Waals surface area contributed by atoms with Gasteiger partial charge in [-0.2, -0.15) is 0 Å². The zero-order valence-electron chi connectivity index (χ0n) is 11.0. The van der Waals surface area contributed by atoms with Gasteiger partial charge in [0.2, 0.25) is 0 Å². The van der Waals surface area contributed by atoms with Crippen LogP contribution in [0.2, 0.25) is 0 Å². The predicted octanol–water partition coefficient (Wildman–Crippen LogP) is 4.62. The number of hydrogen-bond donors (Lipinski definition) is 0. The lowest BCUT2D eigenvalue weighted by Gasteiger charge is -2.26. The first kappa shape index (κ1) is 14.0. The summed E-state index contributed by atoms with van der Waals surface area (Å²) in [7, 11) is 0. The smallest absolute Gasteiger partial charge is 0.140 e. The highest BCUT2D eigenvalue weighted by Crippen LogP contribution is 2.31. The van der Waals surface area contributed by atoms with Gasteiger partial charge in [0.15, 0.2) is 0 Å². The molecule has 0 heterocycles. The van der Waals surface area contributed by atoms with Crippen LogP contribution in [0, 0.1) is 15.4 Å². The van der Waals surface area contributed by atoms with Gasteiger partial charge < -0.3 is 0 Å². The standard InChI is InChI=1S/C16H21IO/c1-2-12-3-7-14(8-4-12)16(18)11-13-5-9-15(17)10-6-13/h5-6,9-10,12,14H,2-4,7-8,11H2,1H3. The van der Waals surface area contributed by atoms with E-state index in [1.807, 2.05) is 0 Å². The van der Waals surface area contributed by atoms with Crippen molar-refractivity contribution in [3.05, 3.63) is 33.4 Å². The third kappa shape index (κ3) is 3.81. The molecule has 0 unspecified atom stereocenters. The second kappa shape index (κ2) is 6.69. The van der Waals surface area contributed by atoms with E-state index in [-0.39, 0.29) is 0 Å². The largest absolute Gasteiger partial charge is 0.299 e. The molecule has 2 rings (SSSR count). The van der Waals surface area contributed by atoms with Gasteiger partial charge in [-0.15, -0.1) is 0 Å². The Hall–Kier alpha value is -0.380. The van der Waals surface area contributed by atoms with Crippen LogP contribution in [0.4, 0.5) is 0 Å². The Morgan fingerprint density at radius 1 is 1.17 bits per heavy atom. The minimum absolute atomic E-state index is 0.326. The third-order valence-corrected chi connectivity index (χ3v) is 4.89. The minimum Gasteiger partial charge on any atom is -0.299 e. The second-order valence-electron chi connectivity index (χ2n) is 5.40. The van der Waals surface area contributed by atoms with Crippen LogP contribution >= 0.6 is 22.6 Å². The molecule has 18 heavy (non-hydrogen) atoms. The Kier molecular flexibility index (Phi) is 5.22. The van der Waals surface area contributed by atoms with Crippen LogP contribution < -0.4 is 0 Å². The van der Waals surface area contributed by atoms with Gasteiger partial charge in [-0.05, 0) is 71.9 Å². The molecule has 0 bridgehead atoms. The number of Topliss-reactive ketones (excluding diaryl/α,β-unsaturated/α-hetero) is 1. The molecule has 0 spiro atoms. The zero-order chi connectivity index (χ0) is 13.0. The predicted molar refractivity (Wildman–Crippen MR) is 83.6 cm³/mol. The summed E-state index contributed by atoms with van der Waals surface area (Å²) in [6, 6.07) is 8.32. The molecule has 2 heteroatoms. The van der Waals surface area contributed by atoms with Gasteiger partial charge in [0, 0.05) is 15.9 Å². The van der Waals surface area contributed by atoms with Crippen LogP contribution in [0.15, 0.2) is 24.3 Å². The van der Waals surface area contributed by atoms with Crippen LogP contribution in [-0.4, -0.2) is 5.78 Å². The molecule has 1 aromatic rings. The topological polar surface area (TPSA) is 17.1 Å². The molecule has 98 valence electrons. The summed E-state index contributed by atoms with van der Waals surface area (Å²) in [5, 5.41) is 0. The number of ketones is 1. The van der Waals surface area contributed by atoms with E-state index in [1.165, 1.54) is 22.8 Å². The van der Waals surface area contributed by atoms with Gasteiger partial charge in [-0.3, -0.25) is 4.79 Å². The fourth-order valence-electron chi connectivity index (χ4n) is 2.84. The Balaban J connectivity index is 1.87. The maximum atomic E-state index is 12.2. The van der Waals surface area contributed by atoms with Crippen molar-refractivity contribution >= 4 is 28.4 Å². The van der Waals surface area contributed by atoms with Gasteiger partial charge >= 0.3 is 0 Å². The van der Waals surface area contributed by atoms with Gasteiger partial charge in [0.05, 0.1) is 0 Å². The fraction of sp³-hybridized carbons (Fsp3) is 0.562. The summed E-state index contributed by atoms with van der Waals surface area (Å²) in [4.78, 5) is 12.2. The zero-order valence-corrected chi connectivity index (χ0v) is 13.2. The maximum absolute atomic E-state index is 12.2. The normalized spacial score (nSPS) is 23.9. The van der Waals surface area contributed by atoms with Crippen molar-refractivity contribution < 1.29 is 4.79 Å². The van der Waals surface area contributed by atoms with Crippen molar-refractivity contribution in [1.82, 2.24) is 0 Å². The lowest BCUT2D eigenvalue weighted by atomic mass is 9.78. The Morgan fingerprint density at radius 2 is 1.78 bits per heavy atom. The van der Waals surface area contributed by atoms with E-state index in [2.05, 4.69) is 53.8 Å². The summed E-state index contributed by atoms with van der Waals surface area (Å²) in [6.45, 7) is 2.26. The molecule has 1 saturated carbocycles. The van der Waals surface area contributed by atoms with Crippen molar-refractivity contribution in [3.63, 3.8) is 0 Å². The lowest BCUT2D eigenvalue weighted by molar-refractivity contribution is -0.123. The number of hydrogen-bond acceptors (Lipinski definition) is 1. The van der Waals surface area contributed by atoms with Crippen LogP contribution in [0.1, 0.15) is 44.6 Å². The Morgan fingerprint density at radius 3 is 2.33 bits per heavy atom. The molecule has 0 aromatic heterocycles. The molecule has 0 atom stereocenters. The average molecular weight is 356 g/mol. The number of halogens is 1. The average Bonchev–Trinajstić information content (AvgIpc) is 2.41. The molecule has 1 aromatic carbocycles. The van der Waals surface area contributed by atoms with Gasteiger partial charge in [0.1, 0.15) is 5.78 Å². The highest BCUT2D eigenvalue weighted by Gasteiger charge is 2.25. The first-order valence-electron chi connectivity index (χ1n) is 6.96. The molecule has 1 fully saturated rings. The molecule has 0 saturated heterocycles. The molecule has 1 nitrogen and oxygen atoms in total. The van der Waals surface area contributed by atoms with Crippen molar-refractivity contribution in [2.45, 2.75) is 45.4 Å². The molecular weight excluding hydrogens is 335 g/mol. The van der Waals surface area contributed by atoms with Crippen LogP contribution in [-0.2, 0) is 11.2 Å². The van der Waals surface area contributed by atoms with E-state index < -0.39 is 0 Å². The van der Waals surface area contributed by atoms with E-state index in [0.717, 1.165) is 24.3 Å². The first-order chi connectivity index (χ1) is 8.69. The Bertz CT molecular complexity index is 388. The SMILES string of the molecule is CCC1CCC(C(=O)Cc2ccc(I)cc2)CC1. The summed E-state index contributed by atoms with van der Waals surface area (Å²) < 4.78 is 1.23. The van der Waals surface area contributed by atoms with Crippen LogP contribution in [0.25, 0.3) is 0 Å². The maximum Gasteiger partial charge on any atom is 0.140 e. The summed E-state index contributed by atoms with van der Waals surface area (Å²) in [5.74, 6) is 1.64. The van der Waals surface area contributed by atoms with Gasteiger partial charge in [-0.1, -0.05) is 25.5 Å². The quantitative estimate of drug-likeness (QED) is 0.720. The van der Waals surface area contributed by atoms with Crippen molar-refractivity contribution in [3.8, 4) is 0 Å². The monoisotopic (exact) mass is 356 g/mol. The van der Waals surface area contributed by atoms with E-state index in [0.29, 0.717) is 18.1 Å². The molecule has 0 aliphatic heterocycles. The summed E-state index contributed by atoms with van der Waals surface area (Å²) >= 11 is 2.29. The third-order valence-electron chi connectivity index (χ3n) is 4.17. The van der Waals surface area contributed by atoms with Crippen LogP contribution in [0.3, 0.4) is 0 Å². The second-order valence-corrected chi connectivity index (χ2v) is 6.64. The molecule has 1 aliphatic rings. The number of carbonyl (C=O) groups excluding carboxylic acids is 1. The number of carbonyl (C=O) groups is 1. The van der Waals surface area contributed by atoms with Crippen molar-refractivity contribution in [2.24, 2.45) is 11.8 Å². The van der Waals surface area contributed by atoms with E-state index in [1.54, 1.807) is 0 Å². The molecule has 0 amide bonds. The van der Waals surface area contributed by atoms with E-state index in [9.17, 15) is 4.79 Å². The highest BCUT2D eigenvalue weighted by atomic mass is 127. The summed E-state index contributed by atoms with van der Waals surface area (Å²) in [5.41, 5.74) is 1.16. The van der Waals surface area contributed by atoms with Gasteiger partial charge in [0.25, 0.3) is 0 Å². The fourth-order valence-corrected chi connectivity index (χ4v) is 3.20. The van der Waals surface area contributed by atoms with Crippen molar-refractivity contribution in [1.29, 1.82) is 0 Å². The highest BCUT2D eigenvalue weighted by molar-refractivity contribution is 14.1. The lowest BCUT2D eigenvalue weighted by Crippen LogP contribution is -2.23.